The Kier molecular flexibility index (Phi) is 6.33. The van der Waals surface area contributed by atoms with Crippen LogP contribution in [0.1, 0.15) is 10.4 Å². The lowest BCUT2D eigenvalue weighted by molar-refractivity contribution is -0.212. The largest absolute Gasteiger partial charge is 0.453 e. The summed E-state index contributed by atoms with van der Waals surface area (Å²) in [5, 5.41) is 0. The maximum Gasteiger partial charge on any atom is 0.338 e. The third kappa shape index (κ3) is 3.84. The molecule has 4 atom stereocenters. The van der Waals surface area contributed by atoms with Crippen LogP contribution in [0.4, 0.5) is 0 Å². The second kappa shape index (κ2) is 8.24. The minimum atomic E-state index is -0.601. The molecule has 122 valence electrons. The number of rotatable bonds is 6. The van der Waals surface area contributed by atoms with Gasteiger partial charge in [-0.15, -0.1) is 0 Å². The van der Waals surface area contributed by atoms with E-state index in [4.69, 9.17) is 23.7 Å². The molecule has 6 nitrogen and oxygen atoms in total. The molecule has 0 bridgehead atoms. The third-order valence-corrected chi connectivity index (χ3v) is 3.69. The van der Waals surface area contributed by atoms with Crippen LogP contribution in [0.15, 0.2) is 30.3 Å². The maximum absolute atomic E-state index is 12.3. The zero-order valence-electron chi connectivity index (χ0n) is 13.1. The second-order valence-corrected chi connectivity index (χ2v) is 5.04. The Labute approximate surface area is 130 Å². The van der Waals surface area contributed by atoms with Gasteiger partial charge in [-0.05, 0) is 12.1 Å². The number of benzene rings is 1. The van der Waals surface area contributed by atoms with Crippen LogP contribution >= 0.6 is 0 Å². The van der Waals surface area contributed by atoms with E-state index in [2.05, 4.69) is 0 Å². The number of carbonyl (C=O) groups is 1. The summed E-state index contributed by atoms with van der Waals surface area (Å²) in [4.78, 5) is 12.3. The van der Waals surface area contributed by atoms with Gasteiger partial charge in [-0.25, -0.2) is 4.79 Å². The lowest BCUT2D eigenvalue weighted by Crippen LogP contribution is -2.57. The zero-order chi connectivity index (χ0) is 15.9. The fourth-order valence-electron chi connectivity index (χ4n) is 2.54. The summed E-state index contributed by atoms with van der Waals surface area (Å²) < 4.78 is 27.3. The molecule has 0 radical (unpaired) electrons. The number of carbonyl (C=O) groups excluding carboxylic acids is 1. The molecular weight excluding hydrogens is 288 g/mol. The molecule has 6 heteroatoms. The summed E-state index contributed by atoms with van der Waals surface area (Å²) in [7, 11) is 4.71. The van der Waals surface area contributed by atoms with Gasteiger partial charge in [0, 0.05) is 21.3 Å². The zero-order valence-corrected chi connectivity index (χ0v) is 13.1. The van der Waals surface area contributed by atoms with Gasteiger partial charge < -0.3 is 23.7 Å². The topological polar surface area (TPSA) is 63.2 Å². The molecule has 1 heterocycles. The summed E-state index contributed by atoms with van der Waals surface area (Å²) in [5.74, 6) is -0.422. The van der Waals surface area contributed by atoms with Gasteiger partial charge in [0.2, 0.25) is 0 Å². The molecule has 0 spiro atoms. The highest BCUT2D eigenvalue weighted by atomic mass is 16.6. The predicted molar refractivity (Wildman–Crippen MR) is 78.9 cm³/mol. The first kappa shape index (κ1) is 16.9. The van der Waals surface area contributed by atoms with Gasteiger partial charge in [-0.1, -0.05) is 18.2 Å². The number of hydrogen-bond donors (Lipinski definition) is 0. The van der Waals surface area contributed by atoms with E-state index in [9.17, 15) is 4.79 Å². The van der Waals surface area contributed by atoms with Crippen molar-refractivity contribution in [1.29, 1.82) is 0 Å². The van der Waals surface area contributed by atoms with Crippen LogP contribution in [0, 0.1) is 0 Å². The summed E-state index contributed by atoms with van der Waals surface area (Å²) in [6, 6.07) is 8.81. The van der Waals surface area contributed by atoms with Crippen molar-refractivity contribution in [1.82, 2.24) is 0 Å². The van der Waals surface area contributed by atoms with Crippen molar-refractivity contribution in [3.05, 3.63) is 35.9 Å². The monoisotopic (exact) mass is 310 g/mol. The van der Waals surface area contributed by atoms with E-state index in [0.29, 0.717) is 18.8 Å². The van der Waals surface area contributed by atoms with Crippen LogP contribution in [-0.2, 0) is 23.7 Å². The molecule has 1 aliphatic rings. The van der Waals surface area contributed by atoms with Crippen molar-refractivity contribution in [3.63, 3.8) is 0 Å². The van der Waals surface area contributed by atoms with Crippen LogP contribution in [-0.4, -0.2) is 64.9 Å². The molecule has 0 amide bonds. The van der Waals surface area contributed by atoms with Crippen molar-refractivity contribution in [2.75, 3.05) is 34.5 Å². The Morgan fingerprint density at radius 1 is 1.14 bits per heavy atom. The van der Waals surface area contributed by atoms with E-state index >= 15 is 0 Å². The van der Waals surface area contributed by atoms with Gasteiger partial charge in [0.25, 0.3) is 0 Å². The van der Waals surface area contributed by atoms with Crippen molar-refractivity contribution in [3.8, 4) is 0 Å². The van der Waals surface area contributed by atoms with Crippen molar-refractivity contribution >= 4 is 5.97 Å². The van der Waals surface area contributed by atoms with Gasteiger partial charge >= 0.3 is 5.97 Å². The molecule has 22 heavy (non-hydrogen) atoms. The number of ether oxygens (including phenoxy) is 5. The van der Waals surface area contributed by atoms with E-state index in [1.54, 1.807) is 45.6 Å². The average Bonchev–Trinajstić information content (AvgIpc) is 2.56. The molecule has 1 aliphatic heterocycles. The first-order chi connectivity index (χ1) is 10.7. The minimum absolute atomic E-state index is 0.299. The van der Waals surface area contributed by atoms with Crippen LogP contribution in [0.2, 0.25) is 0 Å². The predicted octanol–water partition coefficient (Wildman–Crippen LogP) is 1.29. The summed E-state index contributed by atoms with van der Waals surface area (Å²) in [6.07, 6.45) is -1.70. The smallest absolute Gasteiger partial charge is 0.338 e. The molecule has 0 unspecified atom stereocenters. The molecule has 2 rings (SSSR count). The Bertz CT molecular complexity index is 463. The van der Waals surface area contributed by atoms with E-state index in [-0.39, 0.29) is 6.10 Å². The second-order valence-electron chi connectivity index (χ2n) is 5.04. The van der Waals surface area contributed by atoms with Gasteiger partial charge in [-0.2, -0.15) is 0 Å². The first-order valence-corrected chi connectivity index (χ1v) is 7.13. The minimum Gasteiger partial charge on any atom is -0.453 e. The van der Waals surface area contributed by atoms with E-state index in [1.165, 1.54) is 0 Å². The normalized spacial score (nSPS) is 28.3. The van der Waals surface area contributed by atoms with Gasteiger partial charge in [0.05, 0.1) is 18.8 Å². The molecule has 0 aromatic heterocycles. The van der Waals surface area contributed by atoms with Crippen LogP contribution in [0.3, 0.4) is 0 Å². The quantitative estimate of drug-likeness (QED) is 0.738. The number of methoxy groups -OCH3 is 3. The SMILES string of the molecule is COC[C@H]1OC[C@H](OC)[C@@H](OC)[C@@H]1OC(=O)c1ccccc1. The summed E-state index contributed by atoms with van der Waals surface area (Å²) in [6.45, 7) is 0.672. The summed E-state index contributed by atoms with van der Waals surface area (Å²) in [5.41, 5.74) is 0.480. The fourth-order valence-corrected chi connectivity index (χ4v) is 2.54. The third-order valence-electron chi connectivity index (χ3n) is 3.69. The van der Waals surface area contributed by atoms with Gasteiger partial charge in [0.15, 0.2) is 6.10 Å². The Balaban J connectivity index is 2.15. The highest BCUT2D eigenvalue weighted by Gasteiger charge is 2.43. The van der Waals surface area contributed by atoms with Crippen molar-refractivity contribution in [2.24, 2.45) is 0 Å². The molecule has 0 saturated carbocycles. The standard InChI is InChI=1S/C16H22O6/c1-18-9-13-15(14(20-3)12(19-2)10-21-13)22-16(17)11-7-5-4-6-8-11/h4-8,12-15H,9-10H2,1-3H3/t12-,13+,14+,15+/m0/s1. The maximum atomic E-state index is 12.3. The van der Waals surface area contributed by atoms with Crippen LogP contribution < -0.4 is 0 Å². The van der Waals surface area contributed by atoms with Gasteiger partial charge in [-0.3, -0.25) is 0 Å². The fraction of sp³-hybridized carbons (Fsp3) is 0.562. The molecule has 1 aromatic rings. The van der Waals surface area contributed by atoms with E-state index < -0.39 is 24.3 Å². The Morgan fingerprint density at radius 2 is 1.86 bits per heavy atom. The molecule has 0 aliphatic carbocycles. The number of hydrogen-bond acceptors (Lipinski definition) is 6. The lowest BCUT2D eigenvalue weighted by Gasteiger charge is -2.40. The average molecular weight is 310 g/mol. The molecule has 1 fully saturated rings. The summed E-state index contributed by atoms with van der Waals surface area (Å²) >= 11 is 0. The highest BCUT2D eigenvalue weighted by molar-refractivity contribution is 5.89. The van der Waals surface area contributed by atoms with Crippen LogP contribution in [0.5, 0.6) is 0 Å². The van der Waals surface area contributed by atoms with Crippen molar-refractivity contribution in [2.45, 2.75) is 24.4 Å². The van der Waals surface area contributed by atoms with Crippen LogP contribution in [0.25, 0.3) is 0 Å². The van der Waals surface area contributed by atoms with E-state index in [0.717, 1.165) is 0 Å². The van der Waals surface area contributed by atoms with Crippen molar-refractivity contribution < 1.29 is 28.5 Å². The molecule has 1 saturated heterocycles. The van der Waals surface area contributed by atoms with Gasteiger partial charge in [0.1, 0.15) is 18.3 Å². The lowest BCUT2D eigenvalue weighted by atomic mass is 9.99. The first-order valence-electron chi connectivity index (χ1n) is 7.13. The molecular formula is C16H22O6. The highest BCUT2D eigenvalue weighted by Crippen LogP contribution is 2.24. The number of esters is 1. The molecule has 0 N–H and O–H groups in total. The van der Waals surface area contributed by atoms with E-state index in [1.807, 2.05) is 6.07 Å². The Hall–Kier alpha value is -1.47. The molecule has 1 aromatic carbocycles. The Morgan fingerprint density at radius 3 is 2.45 bits per heavy atom.